The molecule has 0 aromatic heterocycles. The molecular weight excluding hydrogens is 224 g/mol. The van der Waals surface area contributed by atoms with Crippen molar-refractivity contribution in [3.8, 4) is 0 Å². The second kappa shape index (κ2) is 7.24. The van der Waals surface area contributed by atoms with Crippen molar-refractivity contribution >= 4 is 11.8 Å². The molecule has 0 aromatic carbocycles. The minimum atomic E-state index is -0.528. The van der Waals surface area contributed by atoms with Crippen LogP contribution < -0.4 is 5.32 Å². The van der Waals surface area contributed by atoms with Crippen LogP contribution in [-0.2, 0) is 19.1 Å². The molecule has 0 spiro atoms. The monoisotopic (exact) mass is 244 g/mol. The highest BCUT2D eigenvalue weighted by molar-refractivity contribution is 6.35. The summed E-state index contributed by atoms with van der Waals surface area (Å²) in [6.45, 7) is 1.62. The first kappa shape index (κ1) is 13.9. The van der Waals surface area contributed by atoms with Crippen molar-refractivity contribution in [2.45, 2.75) is 18.9 Å². The number of methoxy groups -OCH3 is 2. The normalized spacial score (nSPS) is 14.5. The van der Waals surface area contributed by atoms with E-state index in [1.807, 2.05) is 0 Å². The standard InChI is InChI=1S/C11H20N2O4/c1-16-7-5-13(6-8-17-2)11(15)10(14)12-9-3-4-9/h9H,3-8H2,1-2H3,(H,12,14). The molecule has 0 bridgehead atoms. The average Bonchev–Trinajstić information content (AvgIpc) is 3.12. The second-order valence-corrected chi connectivity index (χ2v) is 4.03. The number of carbonyl (C=O) groups excluding carboxylic acids is 2. The van der Waals surface area contributed by atoms with E-state index in [4.69, 9.17) is 9.47 Å². The van der Waals surface area contributed by atoms with Gasteiger partial charge < -0.3 is 19.7 Å². The van der Waals surface area contributed by atoms with Crippen molar-refractivity contribution in [1.82, 2.24) is 10.2 Å². The number of ether oxygens (including phenoxy) is 2. The Morgan fingerprint density at radius 3 is 2.12 bits per heavy atom. The van der Waals surface area contributed by atoms with Crippen LogP contribution >= 0.6 is 0 Å². The van der Waals surface area contributed by atoms with E-state index >= 15 is 0 Å². The van der Waals surface area contributed by atoms with E-state index in [0.29, 0.717) is 26.3 Å². The lowest BCUT2D eigenvalue weighted by molar-refractivity contribution is -0.146. The van der Waals surface area contributed by atoms with E-state index < -0.39 is 11.8 Å². The van der Waals surface area contributed by atoms with Gasteiger partial charge in [-0.25, -0.2) is 0 Å². The maximum absolute atomic E-state index is 11.8. The zero-order valence-corrected chi connectivity index (χ0v) is 10.4. The maximum Gasteiger partial charge on any atom is 0.312 e. The first-order chi connectivity index (χ1) is 8.19. The Morgan fingerprint density at radius 2 is 1.71 bits per heavy atom. The summed E-state index contributed by atoms with van der Waals surface area (Å²) in [4.78, 5) is 24.8. The summed E-state index contributed by atoms with van der Waals surface area (Å²) >= 11 is 0. The Balaban J connectivity index is 2.40. The quantitative estimate of drug-likeness (QED) is 0.606. The van der Waals surface area contributed by atoms with Gasteiger partial charge in [0.1, 0.15) is 0 Å². The van der Waals surface area contributed by atoms with Crippen molar-refractivity contribution in [3.05, 3.63) is 0 Å². The third-order valence-electron chi connectivity index (χ3n) is 2.52. The summed E-state index contributed by atoms with van der Waals surface area (Å²) in [6, 6.07) is 0.193. The fourth-order valence-corrected chi connectivity index (χ4v) is 1.34. The Bertz CT molecular complexity index is 258. The van der Waals surface area contributed by atoms with Gasteiger partial charge in [0.15, 0.2) is 0 Å². The summed E-state index contributed by atoms with van der Waals surface area (Å²) in [5.41, 5.74) is 0. The molecule has 0 radical (unpaired) electrons. The van der Waals surface area contributed by atoms with Crippen LogP contribution in [0.15, 0.2) is 0 Å². The van der Waals surface area contributed by atoms with Crippen LogP contribution in [-0.4, -0.2) is 63.3 Å². The van der Waals surface area contributed by atoms with Gasteiger partial charge in [-0.1, -0.05) is 0 Å². The SMILES string of the molecule is COCCN(CCOC)C(=O)C(=O)NC1CC1. The van der Waals surface area contributed by atoms with Crippen LogP contribution in [0.4, 0.5) is 0 Å². The highest BCUT2D eigenvalue weighted by atomic mass is 16.5. The molecule has 1 N–H and O–H groups in total. The Labute approximate surface area is 101 Å². The summed E-state index contributed by atoms with van der Waals surface area (Å²) in [6.07, 6.45) is 1.93. The Kier molecular flexibility index (Phi) is 5.93. The third kappa shape index (κ3) is 5.14. The van der Waals surface area contributed by atoms with Gasteiger partial charge in [-0.05, 0) is 12.8 Å². The van der Waals surface area contributed by atoms with Crippen LogP contribution in [0.25, 0.3) is 0 Å². The summed E-state index contributed by atoms with van der Waals surface area (Å²) < 4.78 is 9.82. The number of nitrogens with zero attached hydrogens (tertiary/aromatic N) is 1. The highest BCUT2D eigenvalue weighted by Crippen LogP contribution is 2.18. The van der Waals surface area contributed by atoms with Gasteiger partial charge in [-0.2, -0.15) is 0 Å². The number of nitrogens with one attached hydrogen (secondary N) is 1. The molecule has 0 heterocycles. The van der Waals surface area contributed by atoms with Gasteiger partial charge in [0.05, 0.1) is 13.2 Å². The molecule has 0 atom stereocenters. The van der Waals surface area contributed by atoms with Crippen LogP contribution in [0.1, 0.15) is 12.8 Å². The maximum atomic E-state index is 11.8. The minimum Gasteiger partial charge on any atom is -0.383 e. The first-order valence-corrected chi connectivity index (χ1v) is 5.76. The zero-order chi connectivity index (χ0) is 12.7. The molecule has 17 heavy (non-hydrogen) atoms. The Morgan fingerprint density at radius 1 is 1.18 bits per heavy atom. The van der Waals surface area contributed by atoms with Crippen molar-refractivity contribution < 1.29 is 19.1 Å². The van der Waals surface area contributed by atoms with Gasteiger partial charge in [0, 0.05) is 33.4 Å². The summed E-state index contributed by atoms with van der Waals surface area (Å²) in [5, 5.41) is 2.68. The van der Waals surface area contributed by atoms with E-state index in [2.05, 4.69) is 5.32 Å². The van der Waals surface area contributed by atoms with Crippen LogP contribution in [0.2, 0.25) is 0 Å². The molecule has 1 saturated carbocycles. The molecule has 0 unspecified atom stereocenters. The summed E-state index contributed by atoms with van der Waals surface area (Å²) in [7, 11) is 3.12. The molecule has 98 valence electrons. The molecule has 6 heteroatoms. The highest BCUT2D eigenvalue weighted by Gasteiger charge is 2.28. The van der Waals surface area contributed by atoms with Crippen molar-refractivity contribution in [2.75, 3.05) is 40.5 Å². The molecule has 0 aromatic rings. The average molecular weight is 244 g/mol. The predicted octanol–water partition coefficient (Wildman–Crippen LogP) is -0.614. The number of hydrogen-bond acceptors (Lipinski definition) is 4. The van der Waals surface area contributed by atoms with Gasteiger partial charge in [-0.3, -0.25) is 9.59 Å². The van der Waals surface area contributed by atoms with Crippen LogP contribution in [0.5, 0.6) is 0 Å². The second-order valence-electron chi connectivity index (χ2n) is 4.03. The molecule has 1 aliphatic rings. The van der Waals surface area contributed by atoms with E-state index in [9.17, 15) is 9.59 Å². The molecule has 6 nitrogen and oxygen atoms in total. The Hall–Kier alpha value is -1.14. The smallest absolute Gasteiger partial charge is 0.312 e. The van der Waals surface area contributed by atoms with Gasteiger partial charge in [-0.15, -0.1) is 0 Å². The van der Waals surface area contributed by atoms with Gasteiger partial charge >= 0.3 is 11.8 Å². The van der Waals surface area contributed by atoms with E-state index in [1.54, 1.807) is 14.2 Å². The zero-order valence-electron chi connectivity index (χ0n) is 10.4. The lowest BCUT2D eigenvalue weighted by Gasteiger charge is -2.21. The predicted molar refractivity (Wildman–Crippen MR) is 61.5 cm³/mol. The van der Waals surface area contributed by atoms with E-state index in [1.165, 1.54) is 4.90 Å². The number of rotatable bonds is 7. The fourth-order valence-electron chi connectivity index (χ4n) is 1.34. The van der Waals surface area contributed by atoms with Crippen molar-refractivity contribution in [3.63, 3.8) is 0 Å². The van der Waals surface area contributed by atoms with Crippen LogP contribution in [0.3, 0.4) is 0 Å². The van der Waals surface area contributed by atoms with E-state index in [-0.39, 0.29) is 6.04 Å². The lowest BCUT2D eigenvalue weighted by atomic mass is 10.4. The molecular formula is C11H20N2O4. The molecule has 2 amide bonds. The molecule has 1 fully saturated rings. The molecule has 0 saturated heterocycles. The topological polar surface area (TPSA) is 67.9 Å². The van der Waals surface area contributed by atoms with Crippen molar-refractivity contribution in [1.29, 1.82) is 0 Å². The third-order valence-corrected chi connectivity index (χ3v) is 2.52. The lowest BCUT2D eigenvalue weighted by Crippen LogP contribution is -2.46. The van der Waals surface area contributed by atoms with Gasteiger partial charge in [0.2, 0.25) is 0 Å². The van der Waals surface area contributed by atoms with Crippen molar-refractivity contribution in [2.24, 2.45) is 0 Å². The van der Waals surface area contributed by atoms with Crippen LogP contribution in [0, 0.1) is 0 Å². The molecule has 1 aliphatic carbocycles. The molecule has 1 rings (SSSR count). The number of amides is 2. The van der Waals surface area contributed by atoms with Gasteiger partial charge in [0.25, 0.3) is 0 Å². The minimum absolute atomic E-state index is 0.193. The first-order valence-electron chi connectivity index (χ1n) is 5.76. The fraction of sp³-hybridized carbons (Fsp3) is 0.818. The molecule has 0 aliphatic heterocycles. The largest absolute Gasteiger partial charge is 0.383 e. The summed E-state index contributed by atoms with van der Waals surface area (Å²) in [5.74, 6) is -1.04. The number of carbonyl (C=O) groups is 2. The van der Waals surface area contributed by atoms with E-state index in [0.717, 1.165) is 12.8 Å². The number of hydrogen-bond donors (Lipinski definition) is 1.